The molecule has 0 saturated heterocycles. The monoisotopic (exact) mass is 483 g/mol. The predicted octanol–water partition coefficient (Wildman–Crippen LogP) is 5.01. The molecule has 3 aromatic rings. The number of amides is 1. The van der Waals surface area contributed by atoms with Crippen molar-refractivity contribution < 1.29 is 33.4 Å². The lowest BCUT2D eigenvalue weighted by Crippen LogP contribution is -2.31. The van der Waals surface area contributed by atoms with E-state index in [1.807, 2.05) is 6.92 Å². The molecule has 0 fully saturated rings. The minimum absolute atomic E-state index is 0.0793. The number of hydrogen-bond acceptors (Lipinski definition) is 7. The fourth-order valence-corrected chi connectivity index (χ4v) is 4.32. The molecule has 2 heterocycles. The highest BCUT2D eigenvalue weighted by atomic mass is 35.5. The van der Waals surface area contributed by atoms with Gasteiger partial charge in [0.25, 0.3) is 5.91 Å². The molecule has 4 rings (SSSR count). The molecule has 0 radical (unpaired) electrons. The SMILES string of the molecule is CCCN1C(=O)C(O)=C(C(=O)c2cc3cc(Cl)cc(OC)c3o2)C1c1cccc(OC(C)=O)c1. The van der Waals surface area contributed by atoms with E-state index in [4.69, 9.17) is 25.5 Å². The van der Waals surface area contributed by atoms with Crippen LogP contribution in [-0.2, 0) is 9.59 Å². The Morgan fingerprint density at radius 2 is 1.97 bits per heavy atom. The molecule has 34 heavy (non-hydrogen) atoms. The van der Waals surface area contributed by atoms with E-state index < -0.39 is 29.5 Å². The Bertz CT molecular complexity index is 1340. The molecular formula is C25H22ClNO7. The fraction of sp³-hybridized carbons (Fsp3) is 0.240. The number of hydrogen-bond donors (Lipinski definition) is 1. The number of furan rings is 1. The van der Waals surface area contributed by atoms with E-state index in [1.54, 1.807) is 36.4 Å². The predicted molar refractivity (Wildman–Crippen MR) is 124 cm³/mol. The first-order chi connectivity index (χ1) is 16.2. The van der Waals surface area contributed by atoms with Gasteiger partial charge in [0.2, 0.25) is 5.78 Å². The third-order valence-corrected chi connectivity index (χ3v) is 5.66. The molecule has 0 bridgehead atoms. The number of rotatable bonds is 7. The Balaban J connectivity index is 1.83. The number of methoxy groups -OCH3 is 1. The topological polar surface area (TPSA) is 106 Å². The highest BCUT2D eigenvalue weighted by Gasteiger charge is 2.44. The molecule has 9 heteroatoms. The van der Waals surface area contributed by atoms with Gasteiger partial charge in [-0.2, -0.15) is 0 Å². The van der Waals surface area contributed by atoms with Crippen LogP contribution < -0.4 is 9.47 Å². The number of esters is 1. The normalized spacial score (nSPS) is 15.8. The molecule has 2 aromatic carbocycles. The van der Waals surface area contributed by atoms with Crippen molar-refractivity contribution in [3.05, 3.63) is 70.1 Å². The zero-order valence-corrected chi connectivity index (χ0v) is 19.5. The summed E-state index contributed by atoms with van der Waals surface area (Å²) in [5, 5.41) is 11.7. The summed E-state index contributed by atoms with van der Waals surface area (Å²) in [5.41, 5.74) is 0.700. The van der Waals surface area contributed by atoms with E-state index in [9.17, 15) is 19.5 Å². The van der Waals surface area contributed by atoms with Crippen LogP contribution in [0.15, 0.2) is 58.2 Å². The lowest BCUT2D eigenvalue weighted by Gasteiger charge is -2.26. The number of carbonyl (C=O) groups is 3. The largest absolute Gasteiger partial charge is 0.503 e. The third kappa shape index (κ3) is 4.12. The molecule has 1 amide bonds. The number of ketones is 1. The number of ether oxygens (including phenoxy) is 2. The molecule has 1 aromatic heterocycles. The number of fused-ring (bicyclic) bond motifs is 1. The second-order valence-electron chi connectivity index (χ2n) is 7.80. The molecule has 1 N–H and O–H groups in total. The molecule has 8 nitrogen and oxygen atoms in total. The number of nitrogens with zero attached hydrogens (tertiary/aromatic N) is 1. The van der Waals surface area contributed by atoms with Gasteiger partial charge in [-0.25, -0.2) is 0 Å². The molecule has 0 aliphatic carbocycles. The maximum absolute atomic E-state index is 13.6. The summed E-state index contributed by atoms with van der Waals surface area (Å²) >= 11 is 6.13. The average Bonchev–Trinajstić information content (AvgIpc) is 3.32. The van der Waals surface area contributed by atoms with Crippen LogP contribution in [0.1, 0.15) is 42.4 Å². The van der Waals surface area contributed by atoms with Crippen molar-refractivity contribution in [2.24, 2.45) is 0 Å². The molecule has 1 aliphatic rings. The zero-order chi connectivity index (χ0) is 24.6. The maximum atomic E-state index is 13.6. The van der Waals surface area contributed by atoms with Gasteiger partial charge in [0, 0.05) is 29.9 Å². The van der Waals surface area contributed by atoms with E-state index in [0.29, 0.717) is 40.3 Å². The van der Waals surface area contributed by atoms with Gasteiger partial charge in [-0.1, -0.05) is 30.7 Å². The van der Waals surface area contributed by atoms with E-state index >= 15 is 0 Å². The molecule has 1 aliphatic heterocycles. The Morgan fingerprint density at radius 1 is 1.21 bits per heavy atom. The lowest BCUT2D eigenvalue weighted by molar-refractivity contribution is -0.132. The van der Waals surface area contributed by atoms with Crippen LogP contribution in [0.5, 0.6) is 11.5 Å². The summed E-state index contributed by atoms with van der Waals surface area (Å²) in [5.74, 6) is -1.94. The van der Waals surface area contributed by atoms with Gasteiger partial charge in [0.1, 0.15) is 5.75 Å². The van der Waals surface area contributed by atoms with Crippen molar-refractivity contribution in [1.82, 2.24) is 4.90 Å². The second kappa shape index (κ2) is 9.23. The van der Waals surface area contributed by atoms with Gasteiger partial charge < -0.3 is 23.9 Å². The fourth-order valence-electron chi connectivity index (χ4n) is 4.10. The quantitative estimate of drug-likeness (QED) is 0.286. The van der Waals surface area contributed by atoms with Gasteiger partial charge in [0.05, 0.1) is 18.7 Å². The van der Waals surface area contributed by atoms with Crippen LogP contribution in [-0.4, -0.2) is 41.3 Å². The minimum atomic E-state index is -0.894. The van der Waals surface area contributed by atoms with Crippen LogP contribution in [0.4, 0.5) is 0 Å². The zero-order valence-electron chi connectivity index (χ0n) is 18.8. The maximum Gasteiger partial charge on any atom is 0.308 e. The highest BCUT2D eigenvalue weighted by molar-refractivity contribution is 6.31. The van der Waals surface area contributed by atoms with Crippen LogP contribution in [0.2, 0.25) is 5.02 Å². The number of halogens is 1. The van der Waals surface area contributed by atoms with Gasteiger partial charge in [-0.05, 0) is 36.2 Å². The number of aliphatic hydroxyl groups is 1. The van der Waals surface area contributed by atoms with Crippen molar-refractivity contribution in [2.75, 3.05) is 13.7 Å². The minimum Gasteiger partial charge on any atom is -0.503 e. The lowest BCUT2D eigenvalue weighted by atomic mass is 9.94. The van der Waals surface area contributed by atoms with Crippen molar-refractivity contribution in [1.29, 1.82) is 0 Å². The molecule has 176 valence electrons. The van der Waals surface area contributed by atoms with Crippen LogP contribution in [0, 0.1) is 0 Å². The molecule has 0 saturated carbocycles. The summed E-state index contributed by atoms with van der Waals surface area (Å²) in [4.78, 5) is 39.3. The first-order valence-corrected chi connectivity index (χ1v) is 11.0. The van der Waals surface area contributed by atoms with E-state index in [2.05, 4.69) is 0 Å². The number of aliphatic hydroxyl groups excluding tert-OH is 1. The van der Waals surface area contributed by atoms with Crippen molar-refractivity contribution in [3.8, 4) is 11.5 Å². The first kappa shape index (κ1) is 23.4. The van der Waals surface area contributed by atoms with Gasteiger partial charge in [-0.3, -0.25) is 14.4 Å². The van der Waals surface area contributed by atoms with Gasteiger partial charge >= 0.3 is 5.97 Å². The Labute approximate surface area is 200 Å². The number of benzene rings is 2. The van der Waals surface area contributed by atoms with Crippen molar-refractivity contribution >= 4 is 40.2 Å². The van der Waals surface area contributed by atoms with Crippen LogP contribution in [0.3, 0.4) is 0 Å². The summed E-state index contributed by atoms with van der Waals surface area (Å²) in [6.45, 7) is 3.45. The van der Waals surface area contributed by atoms with E-state index in [1.165, 1.54) is 25.0 Å². The number of carbonyl (C=O) groups excluding carboxylic acids is 3. The standard InChI is InChI=1S/C25H22ClNO7/c1-4-8-27-21(14-6-5-7-17(10-14)33-13(2)28)20(23(30)25(27)31)22(29)18-11-15-9-16(26)12-19(32-3)24(15)34-18/h5-7,9-12,21,30H,4,8H2,1-3H3. The summed E-state index contributed by atoms with van der Waals surface area (Å²) in [6.07, 6.45) is 0.598. The van der Waals surface area contributed by atoms with Crippen molar-refractivity contribution in [3.63, 3.8) is 0 Å². The molecule has 0 spiro atoms. The second-order valence-corrected chi connectivity index (χ2v) is 8.23. The highest BCUT2D eigenvalue weighted by Crippen LogP contribution is 2.41. The Morgan fingerprint density at radius 3 is 2.65 bits per heavy atom. The summed E-state index contributed by atoms with van der Waals surface area (Å²) < 4.78 is 16.2. The van der Waals surface area contributed by atoms with E-state index in [-0.39, 0.29) is 17.1 Å². The number of Topliss-reactive ketones (excluding diaryl/α,β-unsaturated/α-hetero) is 1. The Kier molecular flexibility index (Phi) is 6.34. The van der Waals surface area contributed by atoms with Crippen LogP contribution >= 0.6 is 11.6 Å². The summed E-state index contributed by atoms with van der Waals surface area (Å²) in [6, 6.07) is 10.3. The first-order valence-electron chi connectivity index (χ1n) is 10.6. The van der Waals surface area contributed by atoms with E-state index in [0.717, 1.165) is 0 Å². The molecule has 1 atom stereocenters. The van der Waals surface area contributed by atoms with Crippen molar-refractivity contribution in [2.45, 2.75) is 26.3 Å². The smallest absolute Gasteiger partial charge is 0.308 e. The van der Waals surface area contributed by atoms with Gasteiger partial charge in [0.15, 0.2) is 22.9 Å². The Hall–Kier alpha value is -3.78. The van der Waals surface area contributed by atoms with Crippen LogP contribution in [0.25, 0.3) is 11.0 Å². The molecular weight excluding hydrogens is 462 g/mol. The molecule has 1 unspecified atom stereocenters. The third-order valence-electron chi connectivity index (χ3n) is 5.44. The average molecular weight is 484 g/mol. The summed E-state index contributed by atoms with van der Waals surface area (Å²) in [7, 11) is 1.45. The van der Waals surface area contributed by atoms with Gasteiger partial charge in [-0.15, -0.1) is 0 Å².